The third-order valence-electron chi connectivity index (χ3n) is 4.11. The van der Waals surface area contributed by atoms with Crippen molar-refractivity contribution in [1.82, 2.24) is 24.5 Å². The van der Waals surface area contributed by atoms with Gasteiger partial charge in [-0.2, -0.15) is 4.52 Å². The molecule has 0 radical (unpaired) electrons. The first-order valence-corrected chi connectivity index (χ1v) is 7.38. The summed E-state index contributed by atoms with van der Waals surface area (Å²) >= 11 is 0. The molecular weight excluding hydrogens is 283 g/mol. The van der Waals surface area contributed by atoms with Crippen LogP contribution in [-0.4, -0.2) is 57.7 Å². The molecule has 0 N–H and O–H groups in total. The summed E-state index contributed by atoms with van der Waals surface area (Å²) in [5.74, 6) is 1.14. The third kappa shape index (κ3) is 2.09. The Balaban J connectivity index is 1.95. The van der Waals surface area contributed by atoms with Crippen LogP contribution in [0.4, 0.5) is 10.3 Å². The highest BCUT2D eigenvalue weighted by Gasteiger charge is 2.21. The highest BCUT2D eigenvalue weighted by Crippen LogP contribution is 2.24. The molecule has 1 aromatic carbocycles. The van der Waals surface area contributed by atoms with Crippen LogP contribution in [0.3, 0.4) is 0 Å². The van der Waals surface area contributed by atoms with Gasteiger partial charge in [0.05, 0.1) is 5.52 Å². The van der Waals surface area contributed by atoms with E-state index in [1.807, 2.05) is 6.92 Å². The van der Waals surface area contributed by atoms with Gasteiger partial charge in [0.25, 0.3) is 0 Å². The van der Waals surface area contributed by atoms with E-state index < -0.39 is 0 Å². The van der Waals surface area contributed by atoms with E-state index in [1.54, 1.807) is 10.6 Å². The maximum Gasteiger partial charge on any atom is 0.229 e. The van der Waals surface area contributed by atoms with Gasteiger partial charge in [0.1, 0.15) is 11.6 Å². The average Bonchev–Trinajstić information content (AvgIpc) is 2.88. The van der Waals surface area contributed by atoms with Crippen LogP contribution < -0.4 is 4.90 Å². The predicted octanol–water partition coefficient (Wildman–Crippen LogP) is 1.48. The molecule has 1 aliphatic rings. The van der Waals surface area contributed by atoms with Gasteiger partial charge in [-0.05, 0) is 26.1 Å². The van der Waals surface area contributed by atoms with E-state index in [9.17, 15) is 4.39 Å². The number of hydrogen-bond donors (Lipinski definition) is 0. The number of halogens is 1. The summed E-state index contributed by atoms with van der Waals surface area (Å²) in [4.78, 5) is 13.6. The van der Waals surface area contributed by atoms with Crippen LogP contribution >= 0.6 is 0 Å². The minimum Gasteiger partial charge on any atom is -0.338 e. The van der Waals surface area contributed by atoms with Crippen LogP contribution in [0.5, 0.6) is 0 Å². The van der Waals surface area contributed by atoms with Gasteiger partial charge < -0.3 is 9.80 Å². The molecule has 7 heteroatoms. The summed E-state index contributed by atoms with van der Waals surface area (Å²) in [6.07, 6.45) is 0. The van der Waals surface area contributed by atoms with Crippen molar-refractivity contribution in [1.29, 1.82) is 0 Å². The number of piperazine rings is 1. The molecule has 22 heavy (non-hydrogen) atoms. The Bertz CT molecular complexity index is 850. The number of hydrogen-bond acceptors (Lipinski definition) is 5. The van der Waals surface area contributed by atoms with Crippen LogP contribution in [0.25, 0.3) is 16.6 Å². The number of likely N-dealkylation sites (N-methyl/N-ethyl adjacent to an activating group) is 1. The van der Waals surface area contributed by atoms with Gasteiger partial charge in [-0.15, -0.1) is 5.10 Å². The Morgan fingerprint density at radius 1 is 1.09 bits per heavy atom. The van der Waals surface area contributed by atoms with Crippen molar-refractivity contribution in [2.75, 3.05) is 38.1 Å². The highest BCUT2D eigenvalue weighted by atomic mass is 19.1. The third-order valence-corrected chi connectivity index (χ3v) is 4.11. The van der Waals surface area contributed by atoms with Crippen molar-refractivity contribution in [3.05, 3.63) is 29.8 Å². The molecule has 3 heterocycles. The van der Waals surface area contributed by atoms with Crippen molar-refractivity contribution in [3.8, 4) is 0 Å². The molecule has 6 nitrogen and oxygen atoms in total. The summed E-state index contributed by atoms with van der Waals surface area (Å²) in [6.45, 7) is 5.54. The summed E-state index contributed by atoms with van der Waals surface area (Å²) in [5, 5.41) is 5.29. The maximum atomic E-state index is 13.6. The molecule has 114 valence electrons. The maximum absolute atomic E-state index is 13.6. The zero-order valence-electron chi connectivity index (χ0n) is 12.6. The largest absolute Gasteiger partial charge is 0.338 e. The van der Waals surface area contributed by atoms with E-state index in [-0.39, 0.29) is 5.82 Å². The smallest absolute Gasteiger partial charge is 0.229 e. The van der Waals surface area contributed by atoms with Crippen molar-refractivity contribution in [2.45, 2.75) is 6.92 Å². The molecule has 3 aromatic rings. The molecule has 1 fully saturated rings. The molecule has 1 saturated heterocycles. The molecule has 2 aromatic heterocycles. The van der Waals surface area contributed by atoms with Gasteiger partial charge in [-0.3, -0.25) is 0 Å². The Labute approximate surface area is 127 Å². The summed E-state index contributed by atoms with van der Waals surface area (Å²) in [6, 6.07) is 4.61. The van der Waals surface area contributed by atoms with Gasteiger partial charge in [-0.1, -0.05) is 0 Å². The second kappa shape index (κ2) is 4.88. The van der Waals surface area contributed by atoms with E-state index in [4.69, 9.17) is 0 Å². The van der Waals surface area contributed by atoms with Gasteiger partial charge in [0, 0.05) is 37.6 Å². The molecule has 0 spiro atoms. The highest BCUT2D eigenvalue weighted by molar-refractivity contribution is 5.92. The number of rotatable bonds is 1. The molecule has 0 saturated carbocycles. The molecular formula is C15H17FN6. The minimum atomic E-state index is -0.287. The van der Waals surface area contributed by atoms with Crippen LogP contribution in [0, 0.1) is 12.7 Å². The van der Waals surface area contributed by atoms with E-state index in [0.717, 1.165) is 43.2 Å². The van der Waals surface area contributed by atoms with Crippen LogP contribution in [0.1, 0.15) is 5.82 Å². The Morgan fingerprint density at radius 3 is 2.64 bits per heavy atom. The Hall–Kier alpha value is -2.28. The lowest BCUT2D eigenvalue weighted by molar-refractivity contribution is 0.310. The normalized spacial score (nSPS) is 16.8. The average molecular weight is 300 g/mol. The van der Waals surface area contributed by atoms with Crippen molar-refractivity contribution >= 4 is 22.5 Å². The van der Waals surface area contributed by atoms with Gasteiger partial charge in [0.2, 0.25) is 5.95 Å². The van der Waals surface area contributed by atoms with Gasteiger partial charge in [0.15, 0.2) is 5.65 Å². The summed E-state index contributed by atoms with van der Waals surface area (Å²) in [7, 11) is 2.11. The fourth-order valence-electron chi connectivity index (χ4n) is 2.88. The summed E-state index contributed by atoms with van der Waals surface area (Å²) in [5.41, 5.74) is 1.35. The minimum absolute atomic E-state index is 0.287. The van der Waals surface area contributed by atoms with E-state index >= 15 is 0 Å². The molecule has 0 aliphatic carbocycles. The lowest BCUT2D eigenvalue weighted by atomic mass is 10.2. The second-order valence-electron chi connectivity index (χ2n) is 5.76. The number of benzene rings is 1. The zero-order chi connectivity index (χ0) is 15.3. The molecule has 4 rings (SSSR count). The lowest BCUT2D eigenvalue weighted by Gasteiger charge is -2.33. The Kier molecular flexibility index (Phi) is 2.97. The Morgan fingerprint density at radius 2 is 1.86 bits per heavy atom. The number of anilines is 1. The molecule has 0 bridgehead atoms. The first kappa shape index (κ1) is 13.4. The number of aromatic nitrogens is 4. The quantitative estimate of drug-likeness (QED) is 0.681. The topological polar surface area (TPSA) is 49.6 Å². The molecule has 0 amide bonds. The first-order chi connectivity index (χ1) is 10.6. The number of aryl methyl sites for hydroxylation is 1. The van der Waals surface area contributed by atoms with Crippen molar-refractivity contribution < 1.29 is 4.39 Å². The lowest BCUT2D eigenvalue weighted by Crippen LogP contribution is -2.45. The molecule has 0 atom stereocenters. The SMILES string of the molecule is Cc1nc2c3ccc(F)cc3nc(N3CCN(C)CC3)n2n1. The summed E-state index contributed by atoms with van der Waals surface area (Å²) < 4.78 is 15.3. The van der Waals surface area contributed by atoms with E-state index in [1.165, 1.54) is 12.1 Å². The number of nitrogens with zero attached hydrogens (tertiary/aromatic N) is 6. The van der Waals surface area contributed by atoms with Crippen molar-refractivity contribution in [3.63, 3.8) is 0 Å². The molecule has 1 aliphatic heterocycles. The van der Waals surface area contributed by atoms with E-state index in [2.05, 4.69) is 31.9 Å². The fraction of sp³-hybridized carbons (Fsp3) is 0.400. The molecule has 0 unspecified atom stereocenters. The van der Waals surface area contributed by atoms with Crippen LogP contribution in [0.15, 0.2) is 18.2 Å². The standard InChI is InChI=1S/C15H17FN6/c1-10-17-14-12-4-3-11(16)9-13(12)18-15(22(14)19-10)21-7-5-20(2)6-8-21/h3-4,9H,5-8H2,1-2H3. The van der Waals surface area contributed by atoms with Crippen molar-refractivity contribution in [2.24, 2.45) is 0 Å². The fourth-order valence-corrected chi connectivity index (χ4v) is 2.88. The zero-order valence-corrected chi connectivity index (χ0v) is 12.6. The second-order valence-corrected chi connectivity index (χ2v) is 5.76. The first-order valence-electron chi connectivity index (χ1n) is 7.38. The monoisotopic (exact) mass is 300 g/mol. The van der Waals surface area contributed by atoms with Crippen LogP contribution in [-0.2, 0) is 0 Å². The number of fused-ring (bicyclic) bond motifs is 3. The van der Waals surface area contributed by atoms with Crippen LogP contribution in [0.2, 0.25) is 0 Å². The van der Waals surface area contributed by atoms with E-state index in [0.29, 0.717) is 11.3 Å². The van der Waals surface area contributed by atoms with Gasteiger partial charge >= 0.3 is 0 Å². The predicted molar refractivity (Wildman–Crippen MR) is 82.7 cm³/mol. The van der Waals surface area contributed by atoms with Gasteiger partial charge in [-0.25, -0.2) is 14.4 Å².